The number of ether oxygens (including phenoxy) is 1. The number of benzene rings is 7. The molecule has 0 spiro atoms. The van der Waals surface area contributed by atoms with E-state index in [4.69, 9.17) is 9.72 Å². The molecule has 0 N–H and O–H groups in total. The van der Waals surface area contributed by atoms with Crippen LogP contribution in [0, 0.1) is 24.6 Å². The first kappa shape index (κ1) is 45.1. The van der Waals surface area contributed by atoms with Crippen LogP contribution < -0.4 is 14.5 Å². The molecule has 7 aromatic carbocycles. The molecule has 0 radical (unpaired) electrons. The van der Waals surface area contributed by atoms with Crippen molar-refractivity contribution in [1.29, 1.82) is 0 Å². The Balaban J connectivity index is 0.00000539. The quantitative estimate of drug-likeness (QED) is 0.156. The predicted octanol–water partition coefficient (Wildman–Crippen LogP) is 16.1. The summed E-state index contributed by atoms with van der Waals surface area (Å²) >= 11 is 0. The summed E-state index contributed by atoms with van der Waals surface area (Å²) in [6.07, 6.45) is 1.84. The van der Waals surface area contributed by atoms with Gasteiger partial charge >= 0.3 is 0 Å². The monoisotopic (exact) mass is 1070 g/mol. The van der Waals surface area contributed by atoms with E-state index >= 15 is 0 Å². The molecule has 11 rings (SSSR count). The van der Waals surface area contributed by atoms with Crippen molar-refractivity contribution in [2.24, 2.45) is 0 Å². The summed E-state index contributed by atoms with van der Waals surface area (Å²) in [6.45, 7) is 22.5. The topological polar surface area (TPSA) is 38.5 Å². The van der Waals surface area contributed by atoms with E-state index in [9.17, 15) is 4.39 Å². The maximum absolute atomic E-state index is 14.8. The number of aromatic nitrogens is 3. The Hall–Kier alpha value is -6.69. The molecule has 68 heavy (non-hydrogen) atoms. The molecule has 1 aliphatic rings. The first-order valence-corrected chi connectivity index (χ1v) is 23.1. The summed E-state index contributed by atoms with van der Waals surface area (Å²) in [7, 11) is 0. The smallest absolute Gasteiger partial charge is 0.135 e. The fourth-order valence-electron chi connectivity index (χ4n) is 9.52. The van der Waals surface area contributed by atoms with Crippen molar-refractivity contribution in [3.8, 4) is 23.0 Å². The van der Waals surface area contributed by atoms with Gasteiger partial charge < -0.3 is 23.7 Å². The van der Waals surface area contributed by atoms with Crippen LogP contribution in [0.2, 0.25) is 0 Å². The number of anilines is 4. The van der Waals surface area contributed by atoms with Gasteiger partial charge in [0.25, 0.3) is 0 Å². The first-order chi connectivity index (χ1) is 32.0. The maximum Gasteiger partial charge on any atom is 0.135 e. The van der Waals surface area contributed by atoms with Crippen LogP contribution in [0.3, 0.4) is 0 Å². The summed E-state index contributed by atoms with van der Waals surface area (Å²) in [6, 6.07) is 57.1. The molecular weight excluding hydrogens is 1020 g/mol. The average Bonchev–Trinajstić information content (AvgIpc) is 3.96. The molecule has 6 nitrogen and oxygen atoms in total. The molecule has 0 unspecified atom stereocenters. The molecule has 10 aromatic rings. The number of rotatable bonds is 6. The molecule has 0 fully saturated rings. The van der Waals surface area contributed by atoms with Crippen molar-refractivity contribution in [2.75, 3.05) is 9.80 Å². The number of pyridine rings is 1. The zero-order valence-corrected chi connectivity index (χ0v) is 42.1. The minimum atomic E-state index is -0.299. The van der Waals surface area contributed by atoms with Gasteiger partial charge in [-0.25, -0.2) is 9.37 Å². The molecular formula is C60H53FN5OPt-3. The van der Waals surface area contributed by atoms with Crippen LogP contribution in [0.15, 0.2) is 152 Å². The van der Waals surface area contributed by atoms with Gasteiger partial charge in [-0.2, -0.15) is 12.1 Å². The van der Waals surface area contributed by atoms with Crippen LogP contribution >= 0.6 is 0 Å². The molecule has 0 saturated carbocycles. The largest absolute Gasteiger partial charge is 0.509 e. The second kappa shape index (κ2) is 16.5. The van der Waals surface area contributed by atoms with Crippen molar-refractivity contribution >= 4 is 66.4 Å². The molecule has 344 valence electrons. The summed E-state index contributed by atoms with van der Waals surface area (Å²) in [4.78, 5) is 9.38. The van der Waals surface area contributed by atoms with Crippen LogP contribution in [0.25, 0.3) is 55.1 Å². The van der Waals surface area contributed by atoms with Gasteiger partial charge in [0, 0.05) is 66.4 Å². The molecule has 0 aliphatic carbocycles. The van der Waals surface area contributed by atoms with Crippen molar-refractivity contribution < 1.29 is 30.2 Å². The second-order valence-corrected chi connectivity index (χ2v) is 20.9. The van der Waals surface area contributed by atoms with Gasteiger partial charge in [0.15, 0.2) is 0 Å². The van der Waals surface area contributed by atoms with Gasteiger partial charge in [-0.1, -0.05) is 116 Å². The maximum atomic E-state index is 14.8. The number of hydrogen-bond donors (Lipinski definition) is 0. The summed E-state index contributed by atoms with van der Waals surface area (Å²) in [5.74, 6) is 1.47. The van der Waals surface area contributed by atoms with Crippen molar-refractivity contribution in [2.45, 2.75) is 78.6 Å². The minimum Gasteiger partial charge on any atom is -0.509 e. The van der Waals surface area contributed by atoms with E-state index in [-0.39, 0.29) is 43.1 Å². The molecule has 1 aliphatic heterocycles. The van der Waals surface area contributed by atoms with Gasteiger partial charge in [-0.3, -0.25) is 0 Å². The van der Waals surface area contributed by atoms with E-state index < -0.39 is 0 Å². The Morgan fingerprint density at radius 2 is 1.13 bits per heavy atom. The number of nitrogens with zero attached hydrogens (tertiary/aromatic N) is 5. The second-order valence-electron chi connectivity index (χ2n) is 20.9. The normalized spacial score (nSPS) is 13.2. The number of halogens is 1. The summed E-state index contributed by atoms with van der Waals surface area (Å²) in [5, 5.41) is 4.06. The average molecular weight is 1070 g/mol. The van der Waals surface area contributed by atoms with E-state index in [0.29, 0.717) is 11.5 Å². The van der Waals surface area contributed by atoms with Gasteiger partial charge in [-0.15, -0.1) is 48.1 Å². The fourth-order valence-corrected chi connectivity index (χ4v) is 9.52. The Bertz CT molecular complexity index is 3500. The third kappa shape index (κ3) is 7.75. The van der Waals surface area contributed by atoms with E-state index in [1.807, 2.05) is 47.2 Å². The molecule has 3 aromatic heterocycles. The molecule has 4 heterocycles. The zero-order valence-electron chi connectivity index (χ0n) is 39.8. The third-order valence-corrected chi connectivity index (χ3v) is 13.2. The van der Waals surface area contributed by atoms with Crippen LogP contribution in [0.1, 0.15) is 79.0 Å². The van der Waals surface area contributed by atoms with Crippen LogP contribution in [0.5, 0.6) is 11.5 Å². The van der Waals surface area contributed by atoms with E-state index in [1.54, 1.807) is 6.07 Å². The number of fused-ring (bicyclic) bond motifs is 7. The Morgan fingerprint density at radius 3 is 1.81 bits per heavy atom. The van der Waals surface area contributed by atoms with Crippen molar-refractivity contribution in [3.05, 3.63) is 193 Å². The van der Waals surface area contributed by atoms with Crippen molar-refractivity contribution in [1.82, 2.24) is 14.1 Å². The SMILES string of the molecule is CC(C)(C)c1cc(N2[CH-]N(c3[c-]c(Oc4[c-]c5c(cc4)c4cc(F)ccc4n5-c4cc(C(C)(C)C)ccn4)ccc3)c3cccc(-n4c5ccccc5c5ccccc54)c32)cc(C(C)(C)C)c1.[Pt]. The molecule has 8 heteroatoms. The standard InChI is InChI=1S/C60H53FN5O.Pt/c1-58(2,3)38-28-29-62-56(33-38)66-52-27-24-41(61)34-49(52)48-26-25-45(36-55(48)66)67-44-17-14-16-42(35-44)63-37-64(43-31-39(59(4,5)6)30-40(32-43)60(7,8)9)57-53(63)22-15-23-54(57)65-50-20-12-10-18-46(50)47-19-11-13-21-51(47)65;/h10-34,37H,1-9H3;/q-3;. The zero-order chi connectivity index (χ0) is 46.6. The molecule has 0 amide bonds. The van der Waals surface area contributed by atoms with Gasteiger partial charge in [0.1, 0.15) is 11.6 Å². The fraction of sp³-hybridized carbons (Fsp3) is 0.200. The predicted molar refractivity (Wildman–Crippen MR) is 275 cm³/mol. The molecule has 0 saturated heterocycles. The van der Waals surface area contributed by atoms with Crippen LogP contribution in [-0.2, 0) is 37.3 Å². The van der Waals surface area contributed by atoms with E-state index in [0.717, 1.165) is 72.7 Å². The molecule has 0 bridgehead atoms. The van der Waals surface area contributed by atoms with Gasteiger partial charge in [0.2, 0.25) is 0 Å². The third-order valence-electron chi connectivity index (χ3n) is 13.2. The van der Waals surface area contributed by atoms with Crippen LogP contribution in [0.4, 0.5) is 27.1 Å². The van der Waals surface area contributed by atoms with Gasteiger partial charge in [-0.05, 0) is 105 Å². The van der Waals surface area contributed by atoms with Crippen molar-refractivity contribution in [3.63, 3.8) is 0 Å². The Morgan fingerprint density at radius 1 is 0.515 bits per heavy atom. The number of hydrogen-bond acceptors (Lipinski definition) is 4. The Labute approximate surface area is 412 Å². The first-order valence-electron chi connectivity index (χ1n) is 23.1. The molecule has 0 atom stereocenters. The minimum absolute atomic E-state index is 0. The Kier molecular flexibility index (Phi) is 11.0. The summed E-state index contributed by atoms with van der Waals surface area (Å²) < 4.78 is 26.0. The van der Waals surface area contributed by atoms with Crippen LogP contribution in [-0.4, -0.2) is 14.1 Å². The van der Waals surface area contributed by atoms with E-state index in [1.165, 1.54) is 28.0 Å². The van der Waals surface area contributed by atoms with E-state index in [2.05, 4.69) is 193 Å². The summed E-state index contributed by atoms with van der Waals surface area (Å²) in [5.41, 5.74) is 12.4. The number of para-hydroxylation sites is 3. The van der Waals surface area contributed by atoms with Gasteiger partial charge in [0.05, 0.1) is 22.4 Å².